The van der Waals surface area contributed by atoms with E-state index >= 15 is 0 Å². The fraction of sp³-hybridized carbons (Fsp3) is 0.467. The standard InChI is InChI=1S/C15H20N2O2/c1-2-3-8-17(9-10-18)15(19)11-13-4-6-14(12-16)7-5-13/h4-7,18H,2-3,8-11H2,1H3. The van der Waals surface area contributed by atoms with Gasteiger partial charge in [0.25, 0.3) is 0 Å². The highest BCUT2D eigenvalue weighted by atomic mass is 16.3. The summed E-state index contributed by atoms with van der Waals surface area (Å²) in [5, 5.41) is 17.7. The maximum atomic E-state index is 12.1. The molecule has 0 saturated heterocycles. The van der Waals surface area contributed by atoms with Crippen LogP contribution in [0.2, 0.25) is 0 Å². The Balaban J connectivity index is 2.61. The number of nitrogens with zero attached hydrogens (tertiary/aromatic N) is 2. The molecule has 0 spiro atoms. The van der Waals surface area contributed by atoms with Crippen molar-refractivity contribution in [2.45, 2.75) is 26.2 Å². The summed E-state index contributed by atoms with van der Waals surface area (Å²) in [6.45, 7) is 3.13. The monoisotopic (exact) mass is 260 g/mol. The molecule has 1 amide bonds. The number of carbonyl (C=O) groups excluding carboxylic acids is 1. The van der Waals surface area contributed by atoms with Gasteiger partial charge in [0, 0.05) is 13.1 Å². The molecule has 4 heteroatoms. The number of rotatable bonds is 7. The van der Waals surface area contributed by atoms with E-state index in [1.54, 1.807) is 29.2 Å². The second kappa shape index (κ2) is 8.28. The number of unbranched alkanes of at least 4 members (excludes halogenated alkanes) is 1. The van der Waals surface area contributed by atoms with Crippen molar-refractivity contribution in [2.24, 2.45) is 0 Å². The van der Waals surface area contributed by atoms with Crippen molar-refractivity contribution < 1.29 is 9.90 Å². The Morgan fingerprint density at radius 1 is 1.32 bits per heavy atom. The number of nitriles is 1. The Morgan fingerprint density at radius 3 is 2.53 bits per heavy atom. The lowest BCUT2D eigenvalue weighted by atomic mass is 10.1. The molecule has 0 bridgehead atoms. The number of hydrogen-bond donors (Lipinski definition) is 1. The molecule has 0 unspecified atom stereocenters. The van der Waals surface area contributed by atoms with Gasteiger partial charge in [-0.15, -0.1) is 0 Å². The SMILES string of the molecule is CCCCN(CCO)C(=O)Cc1ccc(C#N)cc1. The zero-order valence-electron chi connectivity index (χ0n) is 11.3. The molecule has 1 N–H and O–H groups in total. The lowest BCUT2D eigenvalue weighted by molar-refractivity contribution is -0.131. The van der Waals surface area contributed by atoms with Crippen LogP contribution in [0, 0.1) is 11.3 Å². The van der Waals surface area contributed by atoms with Crippen molar-refractivity contribution >= 4 is 5.91 Å². The summed E-state index contributed by atoms with van der Waals surface area (Å²) in [6, 6.07) is 9.07. The van der Waals surface area contributed by atoms with Crippen LogP contribution in [0.15, 0.2) is 24.3 Å². The zero-order chi connectivity index (χ0) is 14.1. The van der Waals surface area contributed by atoms with Crippen LogP contribution in [0.4, 0.5) is 0 Å². The van der Waals surface area contributed by atoms with Crippen LogP contribution in [0.25, 0.3) is 0 Å². The van der Waals surface area contributed by atoms with E-state index in [0.29, 0.717) is 25.1 Å². The number of hydrogen-bond acceptors (Lipinski definition) is 3. The number of carbonyl (C=O) groups is 1. The third-order valence-electron chi connectivity index (χ3n) is 2.94. The summed E-state index contributed by atoms with van der Waals surface area (Å²) in [7, 11) is 0. The average molecular weight is 260 g/mol. The van der Waals surface area contributed by atoms with Crippen LogP contribution < -0.4 is 0 Å². The van der Waals surface area contributed by atoms with Gasteiger partial charge in [-0.05, 0) is 24.1 Å². The van der Waals surface area contributed by atoms with Gasteiger partial charge < -0.3 is 10.0 Å². The number of amides is 1. The first-order chi connectivity index (χ1) is 9.21. The summed E-state index contributed by atoms with van der Waals surface area (Å²) in [5.41, 5.74) is 1.48. The van der Waals surface area contributed by atoms with E-state index in [0.717, 1.165) is 18.4 Å². The molecule has 1 rings (SSSR count). The highest BCUT2D eigenvalue weighted by Crippen LogP contribution is 2.07. The molecule has 0 atom stereocenters. The van der Waals surface area contributed by atoms with Crippen LogP contribution in [0.5, 0.6) is 0 Å². The van der Waals surface area contributed by atoms with Gasteiger partial charge in [0.15, 0.2) is 0 Å². The van der Waals surface area contributed by atoms with Crippen molar-refractivity contribution in [2.75, 3.05) is 19.7 Å². The molecule has 0 fully saturated rings. The van der Waals surface area contributed by atoms with Crippen LogP contribution in [0.3, 0.4) is 0 Å². The molecule has 1 aromatic rings. The minimum atomic E-state index is -0.0111. The molecule has 0 heterocycles. The number of aliphatic hydroxyl groups excluding tert-OH is 1. The molecule has 1 aromatic carbocycles. The molecule has 0 aliphatic rings. The van der Waals surface area contributed by atoms with Crippen LogP contribution >= 0.6 is 0 Å². The topological polar surface area (TPSA) is 64.3 Å². The molecular formula is C15H20N2O2. The Hall–Kier alpha value is -1.86. The lowest BCUT2D eigenvalue weighted by Gasteiger charge is -2.21. The van der Waals surface area contributed by atoms with E-state index in [2.05, 4.69) is 13.0 Å². The summed E-state index contributed by atoms with van der Waals surface area (Å²) >= 11 is 0. The van der Waals surface area contributed by atoms with Crippen LogP contribution in [-0.4, -0.2) is 35.6 Å². The molecule has 0 radical (unpaired) electrons. The quantitative estimate of drug-likeness (QED) is 0.812. The Bertz CT molecular complexity index is 434. The fourth-order valence-electron chi connectivity index (χ4n) is 1.81. The predicted molar refractivity (Wildman–Crippen MR) is 73.4 cm³/mol. The van der Waals surface area contributed by atoms with Crippen molar-refractivity contribution in [3.05, 3.63) is 35.4 Å². The number of aliphatic hydroxyl groups is 1. The maximum Gasteiger partial charge on any atom is 0.227 e. The summed E-state index contributed by atoms with van der Waals surface area (Å²) < 4.78 is 0. The van der Waals surface area contributed by atoms with Gasteiger partial charge in [-0.1, -0.05) is 25.5 Å². The van der Waals surface area contributed by atoms with Crippen molar-refractivity contribution in [3.63, 3.8) is 0 Å². The van der Waals surface area contributed by atoms with Gasteiger partial charge in [-0.2, -0.15) is 5.26 Å². The molecule has 0 aromatic heterocycles. The minimum absolute atomic E-state index is 0.0111. The first-order valence-electron chi connectivity index (χ1n) is 6.59. The molecule has 102 valence electrons. The zero-order valence-corrected chi connectivity index (χ0v) is 11.3. The van der Waals surface area contributed by atoms with Gasteiger partial charge in [0.05, 0.1) is 24.7 Å². The van der Waals surface area contributed by atoms with Gasteiger partial charge in [-0.25, -0.2) is 0 Å². The molecule has 0 saturated carbocycles. The summed E-state index contributed by atoms with van der Waals surface area (Å²) in [4.78, 5) is 13.8. The first kappa shape index (κ1) is 15.2. The van der Waals surface area contributed by atoms with E-state index in [1.165, 1.54) is 0 Å². The van der Waals surface area contributed by atoms with Gasteiger partial charge in [-0.3, -0.25) is 4.79 Å². The molecule has 19 heavy (non-hydrogen) atoms. The second-order valence-corrected chi connectivity index (χ2v) is 4.44. The summed E-state index contributed by atoms with van der Waals surface area (Å²) in [6.07, 6.45) is 2.28. The molecule has 0 aliphatic heterocycles. The minimum Gasteiger partial charge on any atom is -0.395 e. The van der Waals surface area contributed by atoms with Crippen molar-refractivity contribution in [1.29, 1.82) is 5.26 Å². The highest BCUT2D eigenvalue weighted by molar-refractivity contribution is 5.78. The molecular weight excluding hydrogens is 240 g/mol. The van der Waals surface area contributed by atoms with Crippen LogP contribution in [-0.2, 0) is 11.2 Å². The molecule has 4 nitrogen and oxygen atoms in total. The Kier molecular flexibility index (Phi) is 6.62. The Morgan fingerprint density at radius 2 is 2.00 bits per heavy atom. The van der Waals surface area contributed by atoms with Crippen molar-refractivity contribution in [3.8, 4) is 6.07 Å². The largest absolute Gasteiger partial charge is 0.395 e. The van der Waals surface area contributed by atoms with Gasteiger partial charge >= 0.3 is 0 Å². The molecule has 0 aliphatic carbocycles. The number of benzene rings is 1. The first-order valence-corrected chi connectivity index (χ1v) is 6.59. The lowest BCUT2D eigenvalue weighted by Crippen LogP contribution is -2.35. The van der Waals surface area contributed by atoms with Gasteiger partial charge in [0.1, 0.15) is 0 Å². The van der Waals surface area contributed by atoms with Crippen molar-refractivity contribution in [1.82, 2.24) is 4.90 Å². The average Bonchev–Trinajstić information content (AvgIpc) is 2.44. The Labute approximate surface area is 114 Å². The third kappa shape index (κ3) is 5.11. The van der Waals surface area contributed by atoms with E-state index < -0.39 is 0 Å². The van der Waals surface area contributed by atoms with E-state index in [4.69, 9.17) is 10.4 Å². The predicted octanol–water partition coefficient (Wildman–Crippen LogP) is 1.72. The summed E-state index contributed by atoms with van der Waals surface area (Å²) in [5.74, 6) is 0.0206. The normalized spacial score (nSPS) is 9.95. The fourth-order valence-corrected chi connectivity index (χ4v) is 1.81. The highest BCUT2D eigenvalue weighted by Gasteiger charge is 2.12. The van der Waals surface area contributed by atoms with Crippen LogP contribution in [0.1, 0.15) is 30.9 Å². The maximum absolute atomic E-state index is 12.1. The van der Waals surface area contributed by atoms with E-state index in [9.17, 15) is 4.79 Å². The van der Waals surface area contributed by atoms with Gasteiger partial charge in [0.2, 0.25) is 5.91 Å². The smallest absolute Gasteiger partial charge is 0.227 e. The second-order valence-electron chi connectivity index (χ2n) is 4.44. The van der Waals surface area contributed by atoms with E-state index in [1.807, 2.05) is 0 Å². The third-order valence-corrected chi connectivity index (χ3v) is 2.94. The van der Waals surface area contributed by atoms with E-state index in [-0.39, 0.29) is 12.5 Å².